The van der Waals surface area contributed by atoms with Gasteiger partial charge in [0.25, 0.3) is 6.04 Å². The first kappa shape index (κ1) is 9.44. The highest BCUT2D eigenvalue weighted by molar-refractivity contribution is 7.80. The van der Waals surface area contributed by atoms with Gasteiger partial charge in [-0.25, -0.2) is 4.79 Å². The van der Waals surface area contributed by atoms with Crippen molar-refractivity contribution in [1.82, 2.24) is 0 Å². The van der Waals surface area contributed by atoms with Crippen molar-refractivity contribution in [2.45, 2.75) is 6.04 Å². The van der Waals surface area contributed by atoms with E-state index >= 15 is 0 Å². The Balaban J connectivity index is 4.21. The second-order valence-corrected chi connectivity index (χ2v) is 2.17. The maximum absolute atomic E-state index is 10.2. The molecule has 0 spiro atoms. The summed E-state index contributed by atoms with van der Waals surface area (Å²) in [6, 6.07) is -1.05. The molecule has 0 amide bonds. The van der Waals surface area contributed by atoms with Crippen LogP contribution in [0.4, 0.5) is 0 Å². The van der Waals surface area contributed by atoms with Gasteiger partial charge in [0.15, 0.2) is 5.28 Å². The average Bonchev–Trinajstić information content (AvgIpc) is 1.88. The highest BCUT2D eigenvalue weighted by Gasteiger charge is 2.22. The fraction of sp³-hybridized carbons (Fsp3) is 0.667. The van der Waals surface area contributed by atoms with Crippen LogP contribution < -0.4 is 0 Å². The van der Waals surface area contributed by atoms with E-state index in [1.54, 1.807) is 0 Å². The highest BCUT2D eigenvalue weighted by Crippen LogP contribution is 1.93. The van der Waals surface area contributed by atoms with Crippen LogP contribution in [0.3, 0.4) is 0 Å². The van der Waals surface area contributed by atoms with Crippen molar-refractivity contribution in [1.29, 1.82) is 0 Å². The first-order valence-corrected chi connectivity index (χ1v) is 3.28. The van der Waals surface area contributed by atoms with Crippen molar-refractivity contribution in [3.63, 3.8) is 0 Å². The largest absolute Gasteiger partial charge is 0.476 e. The number of carboxylic acid groups (broad SMARTS) is 1. The van der Waals surface area contributed by atoms with Gasteiger partial charge in [0.1, 0.15) is 0 Å². The Morgan fingerprint density at radius 2 is 2.40 bits per heavy atom. The number of rotatable bonds is 3. The summed E-state index contributed by atoms with van der Waals surface area (Å²) in [7, 11) is 0. The first-order chi connectivity index (χ1) is 4.63. The number of nitrogens with zero attached hydrogens (tertiary/aromatic N) is 2. The molecule has 0 saturated heterocycles. The summed E-state index contributed by atoms with van der Waals surface area (Å²) in [5.41, 5.74) is 0. The lowest BCUT2D eigenvalue weighted by atomic mass is 10.4. The smallest absolute Gasteiger partial charge is 0.375 e. The fourth-order valence-corrected chi connectivity index (χ4v) is 0.891. The van der Waals surface area contributed by atoms with E-state index in [0.29, 0.717) is 4.10 Å². The van der Waals surface area contributed by atoms with Crippen LogP contribution in [-0.2, 0) is 17.6 Å². The van der Waals surface area contributed by atoms with Crippen LogP contribution in [0.25, 0.3) is 0 Å². The van der Waals surface area contributed by atoms with Crippen LogP contribution in [0.5, 0.6) is 0 Å². The summed E-state index contributed by atoms with van der Waals surface area (Å²) < 4.78 is 0.509. The molecular formula is C3H6N2O3S2. The molecule has 0 heterocycles. The Bertz CT molecular complexity index is 160. The van der Waals surface area contributed by atoms with E-state index in [9.17, 15) is 4.79 Å². The van der Waals surface area contributed by atoms with Gasteiger partial charge >= 0.3 is 5.97 Å². The molecule has 0 aliphatic carbocycles. The SMILES string of the molecule is O=C(O)[C@H](CS)[N+]([S-])=NO. The quantitative estimate of drug-likeness (QED) is 0.184. The lowest BCUT2D eigenvalue weighted by Gasteiger charge is -2.05. The minimum Gasteiger partial charge on any atom is -0.476 e. The van der Waals surface area contributed by atoms with E-state index in [2.05, 4.69) is 30.7 Å². The molecule has 2 N–H and O–H groups in total. The van der Waals surface area contributed by atoms with Gasteiger partial charge in [-0.05, 0) is 0 Å². The lowest BCUT2D eigenvalue weighted by molar-refractivity contribution is -0.481. The minimum atomic E-state index is -1.16. The van der Waals surface area contributed by atoms with Crippen molar-refractivity contribution < 1.29 is 19.2 Å². The van der Waals surface area contributed by atoms with E-state index in [0.717, 1.165) is 0 Å². The summed E-state index contributed by atoms with van der Waals surface area (Å²) in [5.74, 6) is -1.16. The molecule has 5 nitrogen and oxygen atoms in total. The lowest BCUT2D eigenvalue weighted by Crippen LogP contribution is -2.31. The normalized spacial score (nSPS) is 14.7. The highest BCUT2D eigenvalue weighted by atomic mass is 32.1. The molecule has 0 rings (SSSR count). The zero-order valence-corrected chi connectivity index (χ0v) is 6.55. The minimum absolute atomic E-state index is 0.00287. The molecule has 7 heteroatoms. The van der Waals surface area contributed by atoms with Crippen molar-refractivity contribution in [2.75, 3.05) is 5.75 Å². The number of thiol groups is 1. The molecule has 0 aromatic carbocycles. The number of carboxylic acids is 1. The molecule has 0 fully saturated rings. The molecule has 0 aromatic rings. The molecule has 0 aliphatic rings. The van der Waals surface area contributed by atoms with E-state index in [1.807, 2.05) is 0 Å². The Kier molecular flexibility index (Phi) is 4.05. The molecule has 0 bridgehead atoms. The number of aliphatic carboxylic acids is 1. The number of hydrogen-bond donors (Lipinski definition) is 3. The maximum atomic E-state index is 10.2. The van der Waals surface area contributed by atoms with Crippen molar-refractivity contribution >= 4 is 31.4 Å². The second kappa shape index (κ2) is 4.29. The van der Waals surface area contributed by atoms with E-state index < -0.39 is 12.0 Å². The molecule has 0 aromatic heterocycles. The van der Waals surface area contributed by atoms with E-state index in [-0.39, 0.29) is 5.75 Å². The van der Waals surface area contributed by atoms with Crippen LogP contribution in [0, 0.1) is 0 Å². The van der Waals surface area contributed by atoms with Gasteiger partial charge in [-0.2, -0.15) is 16.7 Å². The molecule has 58 valence electrons. The fourth-order valence-electron chi connectivity index (χ4n) is 0.305. The van der Waals surface area contributed by atoms with Gasteiger partial charge in [0.05, 0.1) is 5.75 Å². The predicted octanol–water partition coefficient (Wildman–Crippen LogP) is -0.315. The third-order valence-corrected chi connectivity index (χ3v) is 1.49. The van der Waals surface area contributed by atoms with Gasteiger partial charge in [0.2, 0.25) is 0 Å². The summed E-state index contributed by atoms with van der Waals surface area (Å²) in [4.78, 5) is 10.2. The summed E-state index contributed by atoms with van der Waals surface area (Å²) in [6.07, 6.45) is 0. The van der Waals surface area contributed by atoms with Gasteiger partial charge in [-0.3, -0.25) is 0 Å². The molecule has 0 radical (unpaired) electrons. The van der Waals surface area contributed by atoms with Crippen LogP contribution in [0.15, 0.2) is 5.28 Å². The number of hydrogen-bond acceptors (Lipinski definition) is 4. The van der Waals surface area contributed by atoms with Crippen LogP contribution in [0.1, 0.15) is 0 Å². The van der Waals surface area contributed by atoms with E-state index in [4.69, 9.17) is 10.3 Å². The Morgan fingerprint density at radius 1 is 1.90 bits per heavy atom. The molecule has 10 heavy (non-hydrogen) atoms. The summed E-state index contributed by atoms with van der Waals surface area (Å²) in [6.45, 7) is 0. The van der Waals surface area contributed by atoms with Gasteiger partial charge in [-0.15, -0.1) is 0 Å². The van der Waals surface area contributed by atoms with Crippen LogP contribution in [0.2, 0.25) is 0 Å². The second-order valence-electron chi connectivity index (χ2n) is 1.43. The summed E-state index contributed by atoms with van der Waals surface area (Å²) >= 11 is 8.01. The zero-order chi connectivity index (χ0) is 8.15. The average molecular weight is 182 g/mol. The predicted molar refractivity (Wildman–Crippen MR) is 37.1 cm³/mol. The van der Waals surface area contributed by atoms with Crippen LogP contribution in [-0.4, -0.2) is 32.2 Å². The van der Waals surface area contributed by atoms with Crippen molar-refractivity contribution in [3.05, 3.63) is 0 Å². The Hall–Kier alpha value is -0.560. The molecule has 1 atom stereocenters. The Morgan fingerprint density at radius 3 is 2.50 bits per heavy atom. The van der Waals surface area contributed by atoms with Crippen molar-refractivity contribution in [3.8, 4) is 0 Å². The van der Waals surface area contributed by atoms with Gasteiger partial charge < -0.3 is 23.1 Å². The molecule has 0 unspecified atom stereocenters. The monoisotopic (exact) mass is 182 g/mol. The summed E-state index contributed by atoms with van der Waals surface area (Å²) in [5, 5.41) is 18.9. The third-order valence-electron chi connectivity index (χ3n) is 0.813. The molecular weight excluding hydrogens is 176 g/mol. The molecule has 0 saturated carbocycles. The van der Waals surface area contributed by atoms with E-state index in [1.165, 1.54) is 0 Å². The molecule has 0 aliphatic heterocycles. The standard InChI is InChI=1S/C3H6N2O3S2/c6-3(7)2(1-9)5(10)4-8/h2,8-9H,1H2,(H,6,7)/t2-/m0/s1. The third kappa shape index (κ3) is 2.36. The first-order valence-electron chi connectivity index (χ1n) is 2.28. The maximum Gasteiger partial charge on any atom is 0.375 e. The zero-order valence-electron chi connectivity index (χ0n) is 4.84. The van der Waals surface area contributed by atoms with Gasteiger partial charge in [-0.1, -0.05) is 0 Å². The number of carbonyl (C=O) groups is 1. The topological polar surface area (TPSA) is 72.9 Å². The Labute approximate surface area is 68.3 Å². The van der Waals surface area contributed by atoms with Crippen LogP contribution >= 0.6 is 12.6 Å². The van der Waals surface area contributed by atoms with Crippen molar-refractivity contribution in [2.24, 2.45) is 5.28 Å². The van der Waals surface area contributed by atoms with Gasteiger partial charge in [0, 0.05) is 0 Å².